The fourth-order valence-corrected chi connectivity index (χ4v) is 4.48. The van der Waals surface area contributed by atoms with E-state index in [0.29, 0.717) is 23.5 Å². The summed E-state index contributed by atoms with van der Waals surface area (Å²) in [6, 6.07) is 12.1. The lowest BCUT2D eigenvalue weighted by Gasteiger charge is -2.26. The average Bonchev–Trinajstić information content (AvgIpc) is 3.25. The molecule has 0 spiro atoms. The van der Waals surface area contributed by atoms with Crippen molar-refractivity contribution in [1.29, 1.82) is 0 Å². The molecule has 0 radical (unpaired) electrons. The zero-order chi connectivity index (χ0) is 21.4. The van der Waals surface area contributed by atoms with Crippen molar-refractivity contribution in [2.45, 2.75) is 53.0 Å². The van der Waals surface area contributed by atoms with Gasteiger partial charge in [0.25, 0.3) is 5.91 Å². The molecule has 5 heteroatoms. The number of nitrogens with one attached hydrogen (secondary N) is 1. The van der Waals surface area contributed by atoms with E-state index in [9.17, 15) is 9.90 Å². The standard InChI is InChI=1S/C25H29N3O2/c1-5-7-12-28-24(18-10-8-17(6-2)9-11-18)21-22(26-27-23(21)25(28)30)20-16(4)13-15(3)14-19(20)29/h8-11,13-14,24,29H,5-7,12H2,1-4H3,(H,26,27). The first-order chi connectivity index (χ1) is 14.5. The lowest BCUT2D eigenvalue weighted by atomic mass is 9.92. The minimum Gasteiger partial charge on any atom is -0.507 e. The molecule has 0 aliphatic carbocycles. The number of nitrogens with zero attached hydrogens (tertiary/aromatic N) is 2. The molecule has 0 saturated carbocycles. The van der Waals surface area contributed by atoms with Crippen LogP contribution in [0.4, 0.5) is 0 Å². The molecule has 2 heterocycles. The smallest absolute Gasteiger partial charge is 0.273 e. The molecule has 0 saturated heterocycles. The van der Waals surface area contributed by atoms with Crippen molar-refractivity contribution in [3.05, 3.63) is 69.9 Å². The van der Waals surface area contributed by atoms with Gasteiger partial charge in [-0.15, -0.1) is 0 Å². The predicted molar refractivity (Wildman–Crippen MR) is 119 cm³/mol. The predicted octanol–water partition coefficient (Wildman–Crippen LogP) is 5.31. The van der Waals surface area contributed by atoms with Gasteiger partial charge in [0.05, 0.1) is 6.04 Å². The minimum absolute atomic E-state index is 0.0222. The van der Waals surface area contributed by atoms with Crippen LogP contribution >= 0.6 is 0 Å². The number of amides is 1. The van der Waals surface area contributed by atoms with Gasteiger partial charge >= 0.3 is 0 Å². The molecule has 0 fully saturated rings. The molecule has 1 aromatic heterocycles. The quantitative estimate of drug-likeness (QED) is 0.586. The van der Waals surface area contributed by atoms with Crippen molar-refractivity contribution in [3.8, 4) is 17.0 Å². The zero-order valence-electron chi connectivity index (χ0n) is 18.1. The van der Waals surface area contributed by atoms with Gasteiger partial charge in [-0.2, -0.15) is 5.10 Å². The van der Waals surface area contributed by atoms with E-state index in [4.69, 9.17) is 0 Å². The van der Waals surface area contributed by atoms with Crippen LogP contribution in [0.15, 0.2) is 36.4 Å². The van der Waals surface area contributed by atoms with Gasteiger partial charge in [-0.3, -0.25) is 9.89 Å². The SMILES string of the molecule is CCCCN1C(=O)c2[nH]nc(-c3c(C)cc(C)cc3O)c2C1c1ccc(CC)cc1. The molecule has 3 aromatic rings. The summed E-state index contributed by atoms with van der Waals surface area (Å²) in [4.78, 5) is 15.2. The summed E-state index contributed by atoms with van der Waals surface area (Å²) in [6.45, 7) is 8.89. The third kappa shape index (κ3) is 3.28. The second-order valence-electron chi connectivity index (χ2n) is 8.19. The Hall–Kier alpha value is -3.08. The summed E-state index contributed by atoms with van der Waals surface area (Å²) in [7, 11) is 0. The number of fused-ring (bicyclic) bond motifs is 1. The molecule has 5 nitrogen and oxygen atoms in total. The van der Waals surface area contributed by atoms with E-state index < -0.39 is 0 Å². The topological polar surface area (TPSA) is 69.2 Å². The molecule has 0 bridgehead atoms. The normalized spacial score (nSPS) is 15.7. The van der Waals surface area contributed by atoms with E-state index in [-0.39, 0.29) is 17.7 Å². The minimum atomic E-state index is -0.209. The maximum absolute atomic E-state index is 13.3. The number of aryl methyl sites for hydroxylation is 3. The van der Waals surface area contributed by atoms with Crippen molar-refractivity contribution in [2.75, 3.05) is 6.54 Å². The Morgan fingerprint density at radius 2 is 1.87 bits per heavy atom. The number of carbonyl (C=O) groups excluding carboxylic acids is 1. The van der Waals surface area contributed by atoms with E-state index in [1.165, 1.54) is 5.56 Å². The Labute approximate surface area is 177 Å². The second-order valence-corrected chi connectivity index (χ2v) is 8.19. The molecule has 1 amide bonds. The first kappa shape index (κ1) is 20.2. The molecule has 2 N–H and O–H groups in total. The molecule has 1 atom stereocenters. The van der Waals surface area contributed by atoms with Crippen molar-refractivity contribution < 1.29 is 9.90 Å². The Kier molecular flexibility index (Phi) is 5.37. The number of aromatic amines is 1. The van der Waals surface area contributed by atoms with Crippen LogP contribution in [-0.2, 0) is 6.42 Å². The average molecular weight is 404 g/mol. The highest BCUT2D eigenvalue weighted by Gasteiger charge is 2.42. The number of carbonyl (C=O) groups is 1. The number of rotatable bonds is 6. The number of benzene rings is 2. The first-order valence-corrected chi connectivity index (χ1v) is 10.7. The Morgan fingerprint density at radius 1 is 1.13 bits per heavy atom. The van der Waals surface area contributed by atoms with Gasteiger partial charge in [0.2, 0.25) is 0 Å². The summed E-state index contributed by atoms with van der Waals surface area (Å²) in [6.07, 6.45) is 2.93. The number of hydrogen-bond acceptors (Lipinski definition) is 3. The van der Waals surface area contributed by atoms with E-state index in [0.717, 1.165) is 41.5 Å². The van der Waals surface area contributed by atoms with Crippen LogP contribution in [0.2, 0.25) is 0 Å². The lowest BCUT2D eigenvalue weighted by molar-refractivity contribution is 0.0741. The van der Waals surface area contributed by atoms with Crippen LogP contribution in [0.5, 0.6) is 5.75 Å². The number of unbranched alkanes of at least 4 members (excludes halogenated alkanes) is 1. The second kappa shape index (κ2) is 7.98. The highest BCUT2D eigenvalue weighted by atomic mass is 16.3. The molecule has 4 rings (SSSR count). The van der Waals surface area contributed by atoms with Gasteiger partial charge in [0.1, 0.15) is 17.1 Å². The zero-order valence-corrected chi connectivity index (χ0v) is 18.1. The van der Waals surface area contributed by atoms with Gasteiger partial charge in [-0.1, -0.05) is 50.6 Å². The van der Waals surface area contributed by atoms with Crippen molar-refractivity contribution >= 4 is 5.91 Å². The summed E-state index contributed by atoms with van der Waals surface area (Å²) < 4.78 is 0. The van der Waals surface area contributed by atoms with Gasteiger partial charge in [0.15, 0.2) is 0 Å². The number of phenols is 1. The highest BCUT2D eigenvalue weighted by molar-refractivity contribution is 6.00. The van der Waals surface area contributed by atoms with Crippen molar-refractivity contribution in [1.82, 2.24) is 15.1 Å². The number of aromatic hydroxyl groups is 1. The molecular formula is C25H29N3O2. The Balaban J connectivity index is 1.89. The van der Waals surface area contributed by atoms with Gasteiger partial charge in [-0.25, -0.2) is 0 Å². The summed E-state index contributed by atoms with van der Waals surface area (Å²) >= 11 is 0. The van der Waals surface area contributed by atoms with E-state index in [1.807, 2.05) is 24.8 Å². The first-order valence-electron chi connectivity index (χ1n) is 10.7. The molecule has 2 aromatic carbocycles. The van der Waals surface area contributed by atoms with Crippen LogP contribution in [0.1, 0.15) is 71.0 Å². The maximum atomic E-state index is 13.3. The highest BCUT2D eigenvalue weighted by Crippen LogP contribution is 2.45. The number of hydrogen-bond donors (Lipinski definition) is 2. The summed E-state index contributed by atoms with van der Waals surface area (Å²) in [5, 5.41) is 18.2. The monoisotopic (exact) mass is 403 g/mol. The Morgan fingerprint density at radius 3 is 2.50 bits per heavy atom. The molecule has 1 aliphatic heterocycles. The van der Waals surface area contributed by atoms with Gasteiger partial charge in [-0.05, 0) is 55.0 Å². The summed E-state index contributed by atoms with van der Waals surface area (Å²) in [5.74, 6) is 0.173. The van der Waals surface area contributed by atoms with E-state index in [1.54, 1.807) is 6.07 Å². The molecule has 156 valence electrons. The van der Waals surface area contributed by atoms with Crippen LogP contribution < -0.4 is 0 Å². The summed E-state index contributed by atoms with van der Waals surface area (Å²) in [5.41, 5.74) is 7.03. The van der Waals surface area contributed by atoms with Crippen LogP contribution in [0.25, 0.3) is 11.3 Å². The van der Waals surface area contributed by atoms with Crippen molar-refractivity contribution in [3.63, 3.8) is 0 Å². The number of aromatic nitrogens is 2. The molecule has 30 heavy (non-hydrogen) atoms. The van der Waals surface area contributed by atoms with Gasteiger partial charge in [0, 0.05) is 17.7 Å². The third-order valence-electron chi connectivity index (χ3n) is 6.02. The fraction of sp³-hybridized carbons (Fsp3) is 0.360. The molecule has 1 unspecified atom stereocenters. The van der Waals surface area contributed by atoms with Crippen LogP contribution in [-0.4, -0.2) is 32.7 Å². The van der Waals surface area contributed by atoms with E-state index >= 15 is 0 Å². The molecule has 1 aliphatic rings. The van der Waals surface area contributed by atoms with Crippen LogP contribution in [0.3, 0.4) is 0 Å². The largest absolute Gasteiger partial charge is 0.507 e. The Bertz CT molecular complexity index is 1060. The maximum Gasteiger partial charge on any atom is 0.273 e. The fourth-order valence-electron chi connectivity index (χ4n) is 4.48. The van der Waals surface area contributed by atoms with Crippen molar-refractivity contribution in [2.24, 2.45) is 0 Å². The lowest BCUT2D eigenvalue weighted by Crippen LogP contribution is -2.30. The van der Waals surface area contributed by atoms with Gasteiger partial charge < -0.3 is 10.0 Å². The molecular weight excluding hydrogens is 374 g/mol. The van der Waals surface area contributed by atoms with Crippen LogP contribution in [0, 0.1) is 13.8 Å². The third-order valence-corrected chi connectivity index (χ3v) is 6.02. The van der Waals surface area contributed by atoms with E-state index in [2.05, 4.69) is 48.3 Å². The number of phenolic OH excluding ortho intramolecular Hbond substituents is 1. The number of H-pyrrole nitrogens is 1.